The molecule has 34 heavy (non-hydrogen) atoms. The standard InChI is InChI=1S/C30H46O4/c1-25(2)13-15-30(24(33)34)16-14-28(5)19(20(30)17-25)7-8-22-26(3)11-10-23(32)27(4,18-31)21(26)9-12-29(22,28)6/h7,18,20-23,32H,8-17H2,1-6H3,(H,33,34)/t20?,21-,22?,23+,26?,27-,28-,29+,30?/m1/s1. The summed E-state index contributed by atoms with van der Waals surface area (Å²) in [6, 6.07) is 0. The van der Waals surface area contributed by atoms with Gasteiger partial charge in [-0.15, -0.1) is 0 Å². The number of fused-ring (bicyclic) bond motifs is 7. The van der Waals surface area contributed by atoms with Crippen molar-refractivity contribution >= 4 is 12.3 Å². The number of carbonyl (C=O) groups is 2. The number of carbonyl (C=O) groups excluding carboxylic acids is 1. The van der Waals surface area contributed by atoms with E-state index in [1.807, 2.05) is 6.92 Å². The number of aliphatic carboxylic acids is 1. The number of aldehydes is 1. The maximum atomic E-state index is 12.8. The Morgan fingerprint density at radius 3 is 2.26 bits per heavy atom. The number of hydrogen-bond acceptors (Lipinski definition) is 3. The lowest BCUT2D eigenvalue weighted by Gasteiger charge is -2.70. The summed E-state index contributed by atoms with van der Waals surface area (Å²) < 4.78 is 0. The quantitative estimate of drug-likeness (QED) is 0.361. The average molecular weight is 471 g/mol. The summed E-state index contributed by atoms with van der Waals surface area (Å²) in [5.74, 6) is 0.201. The summed E-state index contributed by atoms with van der Waals surface area (Å²) in [5.41, 5.74) is 0.446. The van der Waals surface area contributed by atoms with Gasteiger partial charge in [0.1, 0.15) is 6.29 Å². The lowest BCUT2D eigenvalue weighted by molar-refractivity contribution is -0.204. The van der Waals surface area contributed by atoms with Crippen LogP contribution in [0.2, 0.25) is 0 Å². The molecule has 4 heteroatoms. The first kappa shape index (κ1) is 24.5. The Morgan fingerprint density at radius 1 is 0.941 bits per heavy atom. The predicted octanol–water partition coefficient (Wildman–Crippen LogP) is 6.41. The maximum absolute atomic E-state index is 12.8. The molecule has 5 rings (SSSR count). The predicted molar refractivity (Wildman–Crippen MR) is 133 cm³/mol. The number of carboxylic acids is 1. The van der Waals surface area contributed by atoms with Crippen molar-refractivity contribution in [3.05, 3.63) is 11.6 Å². The number of aliphatic hydroxyl groups is 1. The number of allylic oxidation sites excluding steroid dienone is 2. The highest BCUT2D eigenvalue weighted by Crippen LogP contribution is 2.75. The Labute approximate surface area is 206 Å². The van der Waals surface area contributed by atoms with Crippen LogP contribution in [0, 0.1) is 50.2 Å². The van der Waals surface area contributed by atoms with Crippen molar-refractivity contribution in [1.29, 1.82) is 0 Å². The zero-order chi connectivity index (χ0) is 24.9. The highest BCUT2D eigenvalue weighted by molar-refractivity contribution is 5.76. The largest absolute Gasteiger partial charge is 0.481 e. The van der Waals surface area contributed by atoms with E-state index in [0.717, 1.165) is 64.1 Å². The van der Waals surface area contributed by atoms with Crippen LogP contribution in [0.1, 0.15) is 106 Å². The molecule has 0 aliphatic heterocycles. The van der Waals surface area contributed by atoms with Gasteiger partial charge in [0.05, 0.1) is 16.9 Å². The minimum atomic E-state index is -0.669. The van der Waals surface area contributed by atoms with Gasteiger partial charge in [0, 0.05) is 0 Å². The smallest absolute Gasteiger partial charge is 0.310 e. The fourth-order valence-electron chi connectivity index (χ4n) is 10.5. The first-order valence-electron chi connectivity index (χ1n) is 13.8. The fraction of sp³-hybridized carbons (Fsp3) is 0.867. The molecule has 2 N–H and O–H groups in total. The van der Waals surface area contributed by atoms with Crippen LogP contribution in [-0.2, 0) is 9.59 Å². The van der Waals surface area contributed by atoms with E-state index in [0.29, 0.717) is 12.3 Å². The van der Waals surface area contributed by atoms with Gasteiger partial charge in [-0.3, -0.25) is 4.79 Å². The van der Waals surface area contributed by atoms with E-state index in [2.05, 4.69) is 40.7 Å². The summed E-state index contributed by atoms with van der Waals surface area (Å²) >= 11 is 0. The Kier molecular flexibility index (Phi) is 5.20. The monoisotopic (exact) mass is 470 g/mol. The number of rotatable bonds is 2. The molecule has 0 aromatic heterocycles. The van der Waals surface area contributed by atoms with Gasteiger partial charge >= 0.3 is 5.97 Å². The van der Waals surface area contributed by atoms with E-state index < -0.39 is 22.9 Å². The van der Waals surface area contributed by atoms with E-state index in [4.69, 9.17) is 0 Å². The highest BCUT2D eigenvalue weighted by atomic mass is 16.4. The maximum Gasteiger partial charge on any atom is 0.310 e. The van der Waals surface area contributed by atoms with Gasteiger partial charge in [0.25, 0.3) is 0 Å². The molecule has 0 spiro atoms. The second-order valence-corrected chi connectivity index (χ2v) is 14.7. The summed E-state index contributed by atoms with van der Waals surface area (Å²) in [6.45, 7) is 14.0. The van der Waals surface area contributed by atoms with E-state index in [1.54, 1.807) is 0 Å². The van der Waals surface area contributed by atoms with Crippen molar-refractivity contribution in [1.82, 2.24) is 0 Å². The van der Waals surface area contributed by atoms with Crippen molar-refractivity contribution in [2.24, 2.45) is 50.2 Å². The van der Waals surface area contributed by atoms with Gasteiger partial charge < -0.3 is 15.0 Å². The van der Waals surface area contributed by atoms with Crippen LogP contribution >= 0.6 is 0 Å². The lowest BCUT2D eigenvalue weighted by Crippen LogP contribution is -2.65. The van der Waals surface area contributed by atoms with Crippen LogP contribution in [0.15, 0.2) is 11.6 Å². The first-order chi connectivity index (χ1) is 15.7. The lowest BCUT2D eigenvalue weighted by atomic mass is 9.33. The van der Waals surface area contributed by atoms with E-state index in [-0.39, 0.29) is 33.5 Å². The molecule has 5 aliphatic carbocycles. The first-order valence-corrected chi connectivity index (χ1v) is 13.8. The summed E-state index contributed by atoms with van der Waals surface area (Å²) in [4.78, 5) is 25.1. The van der Waals surface area contributed by atoms with Gasteiger partial charge in [-0.05, 0) is 104 Å². The van der Waals surface area contributed by atoms with Gasteiger partial charge in [-0.25, -0.2) is 0 Å². The minimum absolute atomic E-state index is 0.00538. The third kappa shape index (κ3) is 2.81. The molecule has 5 aliphatic rings. The Bertz CT molecular complexity index is 936. The molecule has 9 atom stereocenters. The van der Waals surface area contributed by atoms with E-state index in [9.17, 15) is 19.8 Å². The van der Waals surface area contributed by atoms with Crippen LogP contribution in [0.4, 0.5) is 0 Å². The molecule has 0 radical (unpaired) electrons. The average Bonchev–Trinajstić information content (AvgIpc) is 2.76. The molecular formula is C30H46O4. The van der Waals surface area contributed by atoms with Gasteiger partial charge in [0.2, 0.25) is 0 Å². The number of hydrogen-bond donors (Lipinski definition) is 2. The van der Waals surface area contributed by atoms with Gasteiger partial charge in [0.15, 0.2) is 0 Å². The van der Waals surface area contributed by atoms with E-state index in [1.165, 1.54) is 5.57 Å². The SMILES string of the molecule is CC1(C)CCC2(C(=O)O)CC[C@]3(C)C(=CCC4C5(C)CC[C@H](O)[C@](C)(C=O)[C@@H]5CC[C@@]43C)C2C1. The second kappa shape index (κ2) is 7.20. The van der Waals surface area contributed by atoms with Crippen LogP contribution in [-0.4, -0.2) is 28.6 Å². The molecule has 0 heterocycles. The topological polar surface area (TPSA) is 74.6 Å². The summed E-state index contributed by atoms with van der Waals surface area (Å²) in [7, 11) is 0. The van der Waals surface area contributed by atoms with Crippen LogP contribution in [0.3, 0.4) is 0 Å². The molecule has 0 amide bonds. The Hall–Kier alpha value is -1.16. The van der Waals surface area contributed by atoms with Crippen LogP contribution < -0.4 is 0 Å². The molecular weight excluding hydrogens is 424 g/mol. The van der Waals surface area contributed by atoms with Gasteiger partial charge in [-0.2, -0.15) is 0 Å². The normalized spacial score (nSPS) is 53.9. The van der Waals surface area contributed by atoms with Crippen molar-refractivity contribution in [2.45, 2.75) is 112 Å². The molecule has 0 aromatic rings. The molecule has 0 saturated heterocycles. The third-order valence-electron chi connectivity index (χ3n) is 13.0. The highest BCUT2D eigenvalue weighted by Gasteiger charge is 2.69. The molecule has 4 saturated carbocycles. The second-order valence-electron chi connectivity index (χ2n) is 14.7. The van der Waals surface area contributed by atoms with Gasteiger partial charge in [-0.1, -0.05) is 53.2 Å². The zero-order valence-electron chi connectivity index (χ0n) is 22.2. The Morgan fingerprint density at radius 2 is 1.62 bits per heavy atom. The summed E-state index contributed by atoms with van der Waals surface area (Å²) in [6.07, 6.45) is 12.1. The molecule has 0 bridgehead atoms. The van der Waals surface area contributed by atoms with Crippen molar-refractivity contribution < 1.29 is 19.8 Å². The molecule has 190 valence electrons. The fourth-order valence-corrected chi connectivity index (χ4v) is 10.5. The van der Waals surface area contributed by atoms with Crippen LogP contribution in [0.25, 0.3) is 0 Å². The van der Waals surface area contributed by atoms with E-state index >= 15 is 0 Å². The minimum Gasteiger partial charge on any atom is -0.481 e. The molecule has 4 nitrogen and oxygen atoms in total. The zero-order valence-corrected chi connectivity index (χ0v) is 22.2. The number of carboxylic acid groups (broad SMARTS) is 1. The number of aliphatic hydroxyl groups excluding tert-OH is 1. The molecule has 4 unspecified atom stereocenters. The Balaban J connectivity index is 1.60. The van der Waals surface area contributed by atoms with Crippen LogP contribution in [0.5, 0.6) is 0 Å². The van der Waals surface area contributed by atoms with Crippen molar-refractivity contribution in [3.63, 3.8) is 0 Å². The third-order valence-corrected chi connectivity index (χ3v) is 13.0. The molecule has 4 fully saturated rings. The summed E-state index contributed by atoms with van der Waals surface area (Å²) in [5, 5.41) is 21.3. The van der Waals surface area contributed by atoms with Crippen molar-refractivity contribution in [3.8, 4) is 0 Å². The molecule has 0 aromatic carbocycles. The van der Waals surface area contributed by atoms with Crippen molar-refractivity contribution in [2.75, 3.05) is 0 Å².